The van der Waals surface area contributed by atoms with Gasteiger partial charge in [-0.2, -0.15) is 0 Å². The topological polar surface area (TPSA) is 41.0 Å². The summed E-state index contributed by atoms with van der Waals surface area (Å²) in [5.41, 5.74) is 2.66. The van der Waals surface area contributed by atoms with E-state index >= 15 is 0 Å². The SMILES string of the molecule is [O-][N+]1CCCCN1. The molecule has 0 aromatic rings. The van der Waals surface area contributed by atoms with E-state index in [-0.39, 0.29) is 0 Å². The molecular weight excluding hydrogens is 92.1 g/mol. The van der Waals surface area contributed by atoms with Crippen molar-refractivity contribution in [1.29, 1.82) is 0 Å². The minimum absolute atomic E-state index is 0.653. The quantitative estimate of drug-likeness (QED) is 0.342. The van der Waals surface area contributed by atoms with E-state index < -0.39 is 0 Å². The fourth-order valence-corrected chi connectivity index (χ4v) is 0.663. The van der Waals surface area contributed by atoms with Crippen LogP contribution in [0.4, 0.5) is 0 Å². The van der Waals surface area contributed by atoms with Crippen LogP contribution < -0.4 is 10.6 Å². The first-order valence-electron chi connectivity index (χ1n) is 2.58. The minimum atomic E-state index is 0.653. The summed E-state index contributed by atoms with van der Waals surface area (Å²) in [5, 5.41) is 11.2. The van der Waals surface area contributed by atoms with Gasteiger partial charge in [-0.25, -0.2) is 0 Å². The Bertz CT molecular complexity index is 51.7. The van der Waals surface area contributed by atoms with Gasteiger partial charge >= 0.3 is 0 Å². The van der Waals surface area contributed by atoms with Crippen molar-refractivity contribution in [3.63, 3.8) is 0 Å². The Morgan fingerprint density at radius 1 is 1.43 bits per heavy atom. The van der Waals surface area contributed by atoms with Gasteiger partial charge in [0.2, 0.25) is 0 Å². The van der Waals surface area contributed by atoms with Gasteiger partial charge in [0.15, 0.2) is 0 Å². The lowest BCUT2D eigenvalue weighted by atomic mass is 10.3. The van der Waals surface area contributed by atoms with Crippen molar-refractivity contribution in [1.82, 2.24) is 10.6 Å². The fourth-order valence-electron chi connectivity index (χ4n) is 0.663. The van der Waals surface area contributed by atoms with Crippen LogP contribution in [0.2, 0.25) is 0 Å². The van der Waals surface area contributed by atoms with Crippen LogP contribution in [0.3, 0.4) is 0 Å². The largest absolute Gasteiger partial charge is 0.559 e. The summed E-state index contributed by atoms with van der Waals surface area (Å²) in [7, 11) is 0. The first kappa shape index (κ1) is 5.03. The summed E-state index contributed by atoms with van der Waals surface area (Å²) < 4.78 is 0. The molecule has 1 heterocycles. The summed E-state index contributed by atoms with van der Waals surface area (Å²) in [6.45, 7) is 1.50. The third-order valence-electron chi connectivity index (χ3n) is 1.08. The predicted molar refractivity (Wildman–Crippen MR) is 27.6 cm³/mol. The highest BCUT2D eigenvalue weighted by atomic mass is 16.5. The maximum absolute atomic E-state index is 10.3. The molecule has 1 fully saturated rings. The molecule has 3 nitrogen and oxygen atoms in total. The number of rotatable bonds is 0. The van der Waals surface area contributed by atoms with E-state index in [9.17, 15) is 5.21 Å². The molecule has 0 aromatic heterocycles. The molecule has 41 valence electrons. The monoisotopic (exact) mass is 101 g/mol. The zero-order chi connectivity index (χ0) is 5.11. The summed E-state index contributed by atoms with van der Waals surface area (Å²) in [6, 6.07) is 0. The third-order valence-corrected chi connectivity index (χ3v) is 1.08. The molecule has 1 rings (SSSR count). The van der Waals surface area contributed by atoms with Crippen LogP contribution in [0.1, 0.15) is 12.8 Å². The second-order valence-electron chi connectivity index (χ2n) is 1.72. The Morgan fingerprint density at radius 3 is 2.57 bits per heavy atom. The van der Waals surface area contributed by atoms with Crippen molar-refractivity contribution in [3.05, 3.63) is 5.21 Å². The van der Waals surface area contributed by atoms with Crippen LogP contribution in [0, 0.1) is 5.21 Å². The zero-order valence-corrected chi connectivity index (χ0v) is 4.18. The molecule has 0 aliphatic carbocycles. The number of hydroxylamine groups is 1. The molecule has 1 radical (unpaired) electrons. The lowest BCUT2D eigenvalue weighted by molar-refractivity contribution is 0.335. The lowest BCUT2D eigenvalue weighted by Crippen LogP contribution is -2.43. The van der Waals surface area contributed by atoms with Crippen molar-refractivity contribution in [3.8, 4) is 0 Å². The number of hydrogen-bond acceptors (Lipinski definition) is 3. The molecule has 0 saturated carbocycles. The number of hydrogen-bond donors (Lipinski definition) is 1. The lowest BCUT2D eigenvalue weighted by Gasteiger charge is -2.17. The highest BCUT2D eigenvalue weighted by Gasteiger charge is 2.07. The van der Waals surface area contributed by atoms with Crippen LogP contribution in [-0.4, -0.2) is 13.1 Å². The third kappa shape index (κ3) is 1.43. The summed E-state index contributed by atoms with van der Waals surface area (Å²) in [4.78, 5) is 0. The molecule has 0 atom stereocenters. The van der Waals surface area contributed by atoms with Crippen LogP contribution >= 0.6 is 0 Å². The van der Waals surface area contributed by atoms with E-state index in [1.807, 2.05) is 0 Å². The number of hydrazine groups is 1. The fraction of sp³-hybridized carbons (Fsp3) is 1.00. The molecule has 0 amide bonds. The predicted octanol–water partition coefficient (Wildman–Crippen LogP) is -0.0773. The first-order chi connectivity index (χ1) is 3.39. The molecule has 0 bridgehead atoms. The Kier molecular flexibility index (Phi) is 1.62. The normalized spacial score (nSPS) is 25.3. The molecule has 0 spiro atoms. The van der Waals surface area contributed by atoms with Crippen LogP contribution in [0.15, 0.2) is 0 Å². The van der Waals surface area contributed by atoms with E-state index in [0.717, 1.165) is 24.6 Å². The van der Waals surface area contributed by atoms with Gasteiger partial charge < -0.3 is 5.21 Å². The molecule has 7 heavy (non-hydrogen) atoms. The molecule has 3 heteroatoms. The molecule has 0 unspecified atom stereocenters. The molecular formula is C4H9N2O. The smallest absolute Gasteiger partial charge is 0.145 e. The number of nitrogens with zero attached hydrogens (tertiary/aromatic N) is 1. The average molecular weight is 101 g/mol. The van der Waals surface area contributed by atoms with Gasteiger partial charge in [0.1, 0.15) is 6.54 Å². The van der Waals surface area contributed by atoms with E-state index in [4.69, 9.17) is 0 Å². The van der Waals surface area contributed by atoms with Gasteiger partial charge in [0.25, 0.3) is 0 Å². The molecule has 1 aliphatic rings. The average Bonchev–Trinajstić information content (AvgIpc) is 1.69. The van der Waals surface area contributed by atoms with Crippen molar-refractivity contribution in [2.24, 2.45) is 0 Å². The Balaban J connectivity index is 2.12. The molecule has 0 aromatic carbocycles. The minimum Gasteiger partial charge on any atom is -0.559 e. The molecule has 1 saturated heterocycles. The van der Waals surface area contributed by atoms with E-state index in [1.165, 1.54) is 0 Å². The summed E-state index contributed by atoms with van der Waals surface area (Å²) in [6.07, 6.45) is 2.18. The van der Waals surface area contributed by atoms with E-state index in [2.05, 4.69) is 5.43 Å². The zero-order valence-electron chi connectivity index (χ0n) is 4.18. The second kappa shape index (κ2) is 2.26. The van der Waals surface area contributed by atoms with Crippen LogP contribution in [-0.2, 0) is 0 Å². The van der Waals surface area contributed by atoms with E-state index in [1.54, 1.807) is 0 Å². The van der Waals surface area contributed by atoms with Crippen LogP contribution in [0.25, 0.3) is 0 Å². The maximum atomic E-state index is 10.3. The van der Waals surface area contributed by atoms with Crippen molar-refractivity contribution >= 4 is 0 Å². The van der Waals surface area contributed by atoms with Gasteiger partial charge in [-0.05, 0) is 6.42 Å². The summed E-state index contributed by atoms with van der Waals surface area (Å²) >= 11 is 0. The summed E-state index contributed by atoms with van der Waals surface area (Å²) in [5.74, 6) is 0. The Labute approximate surface area is 42.9 Å². The van der Waals surface area contributed by atoms with Gasteiger partial charge in [-0.15, -0.1) is 10.6 Å². The van der Waals surface area contributed by atoms with Gasteiger partial charge in [-0.3, -0.25) is 0 Å². The standard InChI is InChI=1S/C4H9N2O/c7-6-4-2-1-3-5-6/h5H,1-4H2. The number of nitrogens with one attached hydrogen (secondary N) is 1. The molecule has 1 N–H and O–H groups in total. The van der Waals surface area contributed by atoms with Gasteiger partial charge in [0.05, 0.1) is 6.54 Å². The Hall–Kier alpha value is -0.120. The van der Waals surface area contributed by atoms with Crippen LogP contribution in [0.5, 0.6) is 0 Å². The van der Waals surface area contributed by atoms with Crippen molar-refractivity contribution in [2.75, 3.05) is 13.1 Å². The highest BCUT2D eigenvalue weighted by molar-refractivity contribution is 4.63. The first-order valence-corrected chi connectivity index (χ1v) is 2.58. The van der Waals surface area contributed by atoms with Gasteiger partial charge in [-0.1, -0.05) is 0 Å². The Morgan fingerprint density at radius 2 is 2.29 bits per heavy atom. The van der Waals surface area contributed by atoms with E-state index in [0.29, 0.717) is 6.54 Å². The van der Waals surface area contributed by atoms with Crippen molar-refractivity contribution < 1.29 is 0 Å². The highest BCUT2D eigenvalue weighted by Crippen LogP contribution is 1.92. The van der Waals surface area contributed by atoms with Crippen molar-refractivity contribution in [2.45, 2.75) is 12.8 Å². The second-order valence-corrected chi connectivity index (χ2v) is 1.72. The maximum Gasteiger partial charge on any atom is 0.145 e. The molecule has 1 aliphatic heterocycles. The van der Waals surface area contributed by atoms with Gasteiger partial charge in [0, 0.05) is 6.42 Å².